The molecule has 1 amide bonds. The first-order valence-corrected chi connectivity index (χ1v) is 11.1. The van der Waals surface area contributed by atoms with Crippen molar-refractivity contribution in [2.45, 2.75) is 57.4 Å². The van der Waals surface area contributed by atoms with Crippen molar-refractivity contribution in [1.29, 1.82) is 0 Å². The van der Waals surface area contributed by atoms with Gasteiger partial charge in [-0.2, -0.15) is 4.31 Å². The van der Waals surface area contributed by atoms with Gasteiger partial charge in [0.15, 0.2) is 0 Å². The van der Waals surface area contributed by atoms with Gasteiger partial charge in [0.1, 0.15) is 0 Å². The lowest BCUT2D eigenvalue weighted by Gasteiger charge is -2.34. The van der Waals surface area contributed by atoms with E-state index in [0.717, 1.165) is 24.9 Å². The molecule has 1 aliphatic heterocycles. The van der Waals surface area contributed by atoms with Crippen molar-refractivity contribution in [3.8, 4) is 0 Å². The summed E-state index contributed by atoms with van der Waals surface area (Å²) in [5.74, 6) is 0.647. The molecule has 2 aliphatic rings. The first-order chi connectivity index (χ1) is 12.3. The van der Waals surface area contributed by atoms with Crippen LogP contribution in [0.2, 0.25) is 0 Å². The molecule has 1 saturated carbocycles. The van der Waals surface area contributed by atoms with Crippen LogP contribution in [0.15, 0.2) is 29.2 Å². The molecule has 144 valence electrons. The van der Waals surface area contributed by atoms with E-state index in [0.29, 0.717) is 42.8 Å². The minimum atomic E-state index is -3.46. The number of rotatable bonds is 6. The van der Waals surface area contributed by atoms with Crippen LogP contribution in [0.3, 0.4) is 0 Å². The molecule has 2 fully saturated rings. The topological polar surface area (TPSA) is 57.7 Å². The van der Waals surface area contributed by atoms with E-state index in [1.54, 1.807) is 12.1 Å². The van der Waals surface area contributed by atoms with Crippen molar-refractivity contribution in [3.63, 3.8) is 0 Å². The van der Waals surface area contributed by atoms with Crippen LogP contribution >= 0.6 is 0 Å². The predicted octanol–water partition coefficient (Wildman–Crippen LogP) is 3.04. The normalized spacial score (nSPS) is 19.7. The van der Waals surface area contributed by atoms with E-state index in [9.17, 15) is 13.2 Å². The molecule has 6 heteroatoms. The molecule has 3 rings (SSSR count). The number of nitrogens with zero attached hydrogens (tertiary/aromatic N) is 2. The van der Waals surface area contributed by atoms with Gasteiger partial charge in [-0.25, -0.2) is 8.42 Å². The summed E-state index contributed by atoms with van der Waals surface area (Å²) in [6.07, 6.45) is 3.45. The molecular weight excluding hydrogens is 348 g/mol. The molecule has 0 aromatic heterocycles. The number of hydrogen-bond acceptors (Lipinski definition) is 3. The molecule has 1 heterocycles. The van der Waals surface area contributed by atoms with Crippen LogP contribution in [0.4, 0.5) is 0 Å². The van der Waals surface area contributed by atoms with Crippen LogP contribution in [0.5, 0.6) is 0 Å². The third kappa shape index (κ3) is 4.29. The summed E-state index contributed by atoms with van der Waals surface area (Å²) < 4.78 is 27.1. The second-order valence-corrected chi connectivity index (χ2v) is 10.0. The van der Waals surface area contributed by atoms with Crippen LogP contribution in [0, 0.1) is 18.8 Å². The van der Waals surface area contributed by atoms with E-state index >= 15 is 0 Å². The molecular formula is C20H30N2O3S. The van der Waals surface area contributed by atoms with Crippen molar-refractivity contribution in [1.82, 2.24) is 9.21 Å². The van der Waals surface area contributed by atoms with Crippen LogP contribution in [-0.4, -0.2) is 49.2 Å². The number of benzene rings is 1. The standard InChI is InChI=1S/C20H30N2O3S/c1-15(2)14-22(18-6-7-18)20(23)17-10-12-21(13-11-17)26(24,25)19-8-4-16(3)5-9-19/h4-5,8-9,15,17-18H,6-7,10-14H2,1-3H3. The molecule has 1 aromatic rings. The number of hydrogen-bond donors (Lipinski definition) is 0. The summed E-state index contributed by atoms with van der Waals surface area (Å²) in [7, 11) is -3.46. The Labute approximate surface area is 157 Å². The van der Waals surface area contributed by atoms with Gasteiger partial charge in [-0.15, -0.1) is 0 Å². The Kier molecular flexibility index (Phi) is 5.72. The highest BCUT2D eigenvalue weighted by molar-refractivity contribution is 7.89. The smallest absolute Gasteiger partial charge is 0.243 e. The average Bonchev–Trinajstić information content (AvgIpc) is 3.44. The molecule has 5 nitrogen and oxygen atoms in total. The zero-order valence-corrected chi connectivity index (χ0v) is 16.8. The second-order valence-electron chi connectivity index (χ2n) is 8.11. The molecule has 0 unspecified atom stereocenters. The van der Waals surface area contributed by atoms with Crippen molar-refractivity contribution >= 4 is 15.9 Å². The molecule has 0 atom stereocenters. The quantitative estimate of drug-likeness (QED) is 0.764. The molecule has 0 N–H and O–H groups in total. The molecule has 1 saturated heterocycles. The van der Waals surface area contributed by atoms with Gasteiger partial charge < -0.3 is 4.90 Å². The van der Waals surface area contributed by atoms with E-state index < -0.39 is 10.0 Å². The van der Waals surface area contributed by atoms with Gasteiger partial charge in [0.05, 0.1) is 4.90 Å². The van der Waals surface area contributed by atoms with E-state index in [1.807, 2.05) is 19.1 Å². The summed E-state index contributed by atoms with van der Waals surface area (Å²) in [6.45, 7) is 7.88. The van der Waals surface area contributed by atoms with Gasteiger partial charge in [-0.05, 0) is 50.7 Å². The fourth-order valence-electron chi connectivity index (χ4n) is 3.64. The zero-order valence-electron chi connectivity index (χ0n) is 16.0. The van der Waals surface area contributed by atoms with Crippen molar-refractivity contribution in [2.24, 2.45) is 11.8 Å². The van der Waals surface area contributed by atoms with Crippen molar-refractivity contribution in [2.75, 3.05) is 19.6 Å². The fourth-order valence-corrected chi connectivity index (χ4v) is 5.11. The Morgan fingerprint density at radius 1 is 1.12 bits per heavy atom. The van der Waals surface area contributed by atoms with Crippen molar-refractivity contribution < 1.29 is 13.2 Å². The number of piperidine rings is 1. The van der Waals surface area contributed by atoms with Gasteiger partial charge >= 0.3 is 0 Å². The van der Waals surface area contributed by atoms with Crippen LogP contribution in [-0.2, 0) is 14.8 Å². The average molecular weight is 379 g/mol. The number of carbonyl (C=O) groups is 1. The lowest BCUT2D eigenvalue weighted by molar-refractivity contribution is -0.137. The number of sulfonamides is 1. The van der Waals surface area contributed by atoms with Gasteiger partial charge in [0.25, 0.3) is 0 Å². The second kappa shape index (κ2) is 7.69. The molecule has 0 radical (unpaired) electrons. The first kappa shape index (κ1) is 19.4. The highest BCUT2D eigenvalue weighted by Crippen LogP contribution is 2.32. The molecule has 1 aromatic carbocycles. The molecule has 0 bridgehead atoms. The van der Waals surface area contributed by atoms with E-state index in [2.05, 4.69) is 18.7 Å². The first-order valence-electron chi connectivity index (χ1n) is 9.66. The molecule has 1 aliphatic carbocycles. The summed E-state index contributed by atoms with van der Waals surface area (Å²) in [5.41, 5.74) is 1.04. The Bertz CT molecular complexity index is 731. The number of amides is 1. The highest BCUT2D eigenvalue weighted by Gasteiger charge is 2.38. The van der Waals surface area contributed by atoms with Gasteiger partial charge in [-0.3, -0.25) is 4.79 Å². The van der Waals surface area contributed by atoms with E-state index in [4.69, 9.17) is 0 Å². The predicted molar refractivity (Wildman–Crippen MR) is 102 cm³/mol. The van der Waals surface area contributed by atoms with Crippen LogP contribution in [0.25, 0.3) is 0 Å². The van der Waals surface area contributed by atoms with Crippen LogP contribution < -0.4 is 0 Å². The largest absolute Gasteiger partial charge is 0.339 e. The summed E-state index contributed by atoms with van der Waals surface area (Å²) in [6, 6.07) is 7.39. The van der Waals surface area contributed by atoms with Gasteiger partial charge in [0.2, 0.25) is 15.9 Å². The Balaban J connectivity index is 1.63. The maximum absolute atomic E-state index is 12.9. The fraction of sp³-hybridized carbons (Fsp3) is 0.650. The summed E-state index contributed by atoms with van der Waals surface area (Å²) in [5, 5.41) is 0. The van der Waals surface area contributed by atoms with Gasteiger partial charge in [0, 0.05) is 31.6 Å². The number of aryl methyl sites for hydroxylation is 1. The maximum Gasteiger partial charge on any atom is 0.243 e. The van der Waals surface area contributed by atoms with Crippen molar-refractivity contribution in [3.05, 3.63) is 29.8 Å². The SMILES string of the molecule is Cc1ccc(S(=O)(=O)N2CCC(C(=O)N(CC(C)C)C3CC3)CC2)cc1. The lowest BCUT2D eigenvalue weighted by atomic mass is 9.96. The monoisotopic (exact) mass is 378 g/mol. The third-order valence-corrected chi connectivity index (χ3v) is 7.21. The Morgan fingerprint density at radius 3 is 2.19 bits per heavy atom. The summed E-state index contributed by atoms with van der Waals surface area (Å²) in [4.78, 5) is 15.3. The maximum atomic E-state index is 12.9. The zero-order chi connectivity index (χ0) is 18.9. The van der Waals surface area contributed by atoms with E-state index in [1.165, 1.54) is 4.31 Å². The van der Waals surface area contributed by atoms with Gasteiger partial charge in [-0.1, -0.05) is 31.5 Å². The lowest BCUT2D eigenvalue weighted by Crippen LogP contribution is -2.46. The van der Waals surface area contributed by atoms with E-state index in [-0.39, 0.29) is 11.8 Å². The third-order valence-electron chi connectivity index (χ3n) is 5.29. The molecule has 0 spiro atoms. The minimum absolute atomic E-state index is 0.0428. The highest BCUT2D eigenvalue weighted by atomic mass is 32.2. The summed E-state index contributed by atoms with van der Waals surface area (Å²) >= 11 is 0. The number of carbonyl (C=O) groups excluding carboxylic acids is 1. The molecule has 26 heavy (non-hydrogen) atoms. The Morgan fingerprint density at radius 2 is 1.69 bits per heavy atom. The van der Waals surface area contributed by atoms with Crippen LogP contribution in [0.1, 0.15) is 45.1 Å². The Hall–Kier alpha value is -1.40. The minimum Gasteiger partial charge on any atom is -0.339 e.